The van der Waals surface area contributed by atoms with Crippen molar-refractivity contribution in [3.8, 4) is 17.1 Å². The van der Waals surface area contributed by atoms with E-state index in [1.54, 1.807) is 7.11 Å². The first-order valence-corrected chi connectivity index (χ1v) is 11.3. The van der Waals surface area contributed by atoms with Crippen LogP contribution >= 0.6 is 11.8 Å². The van der Waals surface area contributed by atoms with Crippen LogP contribution in [0.1, 0.15) is 21.9 Å². The molecule has 0 aliphatic rings. The van der Waals surface area contributed by atoms with E-state index in [-0.39, 0.29) is 5.91 Å². The molecule has 0 saturated carbocycles. The van der Waals surface area contributed by atoms with Gasteiger partial charge in [0.1, 0.15) is 11.0 Å². The van der Waals surface area contributed by atoms with Gasteiger partial charge >= 0.3 is 0 Å². The molecule has 168 valence electrons. The minimum atomic E-state index is -0.580. The van der Waals surface area contributed by atoms with Gasteiger partial charge in [0, 0.05) is 5.69 Å². The maximum Gasteiger partial charge on any atom is 0.242 e. The van der Waals surface area contributed by atoms with Crippen LogP contribution < -0.4 is 15.9 Å². The number of nitrogen functional groups attached to an aromatic ring is 1. The lowest BCUT2D eigenvalue weighted by atomic mass is 10.1. The zero-order valence-electron chi connectivity index (χ0n) is 18.6. The highest BCUT2D eigenvalue weighted by Crippen LogP contribution is 2.37. The summed E-state index contributed by atoms with van der Waals surface area (Å²) in [6.45, 7) is 3.96. The Kier molecular flexibility index (Phi) is 6.65. The van der Waals surface area contributed by atoms with Gasteiger partial charge in [-0.3, -0.25) is 4.79 Å². The number of carbonyl (C=O) groups is 1. The van der Waals surface area contributed by atoms with Crippen molar-refractivity contribution in [1.82, 2.24) is 14.9 Å². The van der Waals surface area contributed by atoms with E-state index in [4.69, 9.17) is 10.6 Å². The van der Waals surface area contributed by atoms with Crippen LogP contribution in [0.15, 0.2) is 78.0 Å². The Morgan fingerprint density at radius 3 is 2.52 bits per heavy atom. The SMILES string of the molecule is COc1ccccc1-c1nnc(S[C@@H](C(=O)Nc2cc(C)ccc2C)c2ccccc2)n1N. The molecule has 1 aromatic heterocycles. The van der Waals surface area contributed by atoms with E-state index >= 15 is 0 Å². The summed E-state index contributed by atoms with van der Waals surface area (Å²) in [6.07, 6.45) is 0. The van der Waals surface area contributed by atoms with Crippen molar-refractivity contribution >= 4 is 23.4 Å². The Hall–Kier alpha value is -3.78. The molecular formula is C25H25N5O2S. The molecule has 0 fully saturated rings. The van der Waals surface area contributed by atoms with Crippen molar-refractivity contribution in [3.63, 3.8) is 0 Å². The van der Waals surface area contributed by atoms with E-state index in [1.807, 2.05) is 86.6 Å². The van der Waals surface area contributed by atoms with Gasteiger partial charge in [-0.2, -0.15) is 0 Å². The van der Waals surface area contributed by atoms with Gasteiger partial charge in [-0.1, -0.05) is 66.4 Å². The minimum Gasteiger partial charge on any atom is -0.496 e. The van der Waals surface area contributed by atoms with E-state index in [9.17, 15) is 4.79 Å². The normalized spacial score (nSPS) is 11.7. The fourth-order valence-corrected chi connectivity index (χ4v) is 4.40. The topological polar surface area (TPSA) is 95.1 Å². The molecule has 7 nitrogen and oxygen atoms in total. The number of thioether (sulfide) groups is 1. The summed E-state index contributed by atoms with van der Waals surface area (Å²) in [5.41, 5.74) is 4.41. The molecule has 4 rings (SSSR count). The van der Waals surface area contributed by atoms with E-state index < -0.39 is 5.25 Å². The van der Waals surface area contributed by atoms with Gasteiger partial charge in [0.05, 0.1) is 12.7 Å². The van der Waals surface area contributed by atoms with E-state index in [1.165, 1.54) is 16.4 Å². The lowest BCUT2D eigenvalue weighted by Gasteiger charge is -2.18. The largest absolute Gasteiger partial charge is 0.496 e. The summed E-state index contributed by atoms with van der Waals surface area (Å²) < 4.78 is 6.82. The third-order valence-electron chi connectivity index (χ3n) is 5.23. The highest BCUT2D eigenvalue weighted by atomic mass is 32.2. The first-order valence-electron chi connectivity index (χ1n) is 10.4. The first kappa shape index (κ1) is 22.4. The van der Waals surface area contributed by atoms with Gasteiger partial charge in [0.25, 0.3) is 0 Å². The molecule has 4 aromatic rings. The average molecular weight is 460 g/mol. The standard InChI is InChI=1S/C25H25N5O2S/c1-16-13-14-17(2)20(15-16)27-24(31)22(18-9-5-4-6-10-18)33-25-29-28-23(30(25)26)19-11-7-8-12-21(19)32-3/h4-15,22H,26H2,1-3H3,(H,27,31)/t22-/m1/s1. The molecule has 0 spiro atoms. The number of hydrogen-bond acceptors (Lipinski definition) is 6. The molecule has 1 atom stereocenters. The number of methoxy groups -OCH3 is 1. The summed E-state index contributed by atoms with van der Waals surface area (Å²) in [7, 11) is 1.59. The van der Waals surface area contributed by atoms with Gasteiger partial charge in [-0.15, -0.1) is 10.2 Å². The predicted octanol–water partition coefficient (Wildman–Crippen LogP) is 4.76. The Bertz CT molecular complexity index is 1270. The number of amides is 1. The second kappa shape index (κ2) is 9.79. The number of nitrogens with zero attached hydrogens (tertiary/aromatic N) is 3. The molecule has 1 heterocycles. The second-order valence-corrected chi connectivity index (χ2v) is 8.66. The summed E-state index contributed by atoms with van der Waals surface area (Å²) >= 11 is 1.25. The van der Waals surface area contributed by atoms with Crippen LogP contribution in [0.5, 0.6) is 5.75 Å². The zero-order valence-corrected chi connectivity index (χ0v) is 19.5. The zero-order chi connectivity index (χ0) is 23.4. The Morgan fingerprint density at radius 2 is 1.76 bits per heavy atom. The molecule has 0 aliphatic heterocycles. The number of hydrogen-bond donors (Lipinski definition) is 2. The minimum absolute atomic E-state index is 0.165. The lowest BCUT2D eigenvalue weighted by molar-refractivity contribution is -0.115. The molecule has 3 N–H and O–H groups in total. The Labute approximate surface area is 197 Å². The van der Waals surface area contributed by atoms with Crippen LogP contribution in [0.4, 0.5) is 5.69 Å². The quantitative estimate of drug-likeness (QED) is 0.306. The van der Waals surface area contributed by atoms with Crippen molar-refractivity contribution in [2.45, 2.75) is 24.3 Å². The summed E-state index contributed by atoms with van der Waals surface area (Å²) in [6, 6.07) is 23.0. The first-order chi connectivity index (χ1) is 16.0. The number of nitrogens with two attached hydrogens (primary N) is 1. The monoisotopic (exact) mass is 459 g/mol. The lowest BCUT2D eigenvalue weighted by Crippen LogP contribution is -2.21. The van der Waals surface area contributed by atoms with E-state index in [2.05, 4.69) is 15.5 Å². The predicted molar refractivity (Wildman–Crippen MR) is 132 cm³/mol. The number of nitrogens with one attached hydrogen (secondary N) is 1. The van der Waals surface area contributed by atoms with E-state index in [0.29, 0.717) is 16.7 Å². The van der Waals surface area contributed by atoms with Crippen LogP contribution in [0.3, 0.4) is 0 Å². The number of para-hydroxylation sites is 1. The number of aromatic nitrogens is 3. The van der Waals surface area contributed by atoms with Crippen LogP contribution in [0.2, 0.25) is 0 Å². The van der Waals surface area contributed by atoms with Crippen LogP contribution in [0.25, 0.3) is 11.4 Å². The van der Waals surface area contributed by atoms with Gasteiger partial charge in [-0.05, 0) is 48.7 Å². The highest BCUT2D eigenvalue weighted by molar-refractivity contribution is 8.00. The molecule has 0 bridgehead atoms. The molecular weight excluding hydrogens is 434 g/mol. The van der Waals surface area contributed by atoms with Crippen LogP contribution in [-0.4, -0.2) is 27.9 Å². The smallest absolute Gasteiger partial charge is 0.242 e. The number of anilines is 1. The fraction of sp³-hybridized carbons (Fsp3) is 0.160. The maximum absolute atomic E-state index is 13.4. The van der Waals surface area contributed by atoms with Crippen molar-refractivity contribution in [3.05, 3.63) is 89.5 Å². The van der Waals surface area contributed by atoms with E-state index in [0.717, 1.165) is 27.9 Å². The molecule has 8 heteroatoms. The van der Waals surface area contributed by atoms with Crippen LogP contribution in [0, 0.1) is 13.8 Å². The number of aryl methyl sites for hydroxylation is 2. The summed E-state index contributed by atoms with van der Waals surface area (Å²) in [5, 5.41) is 11.4. The van der Waals surface area contributed by atoms with Crippen molar-refractivity contribution in [2.75, 3.05) is 18.3 Å². The van der Waals surface area contributed by atoms with Gasteiger partial charge in [0.15, 0.2) is 5.82 Å². The third-order valence-corrected chi connectivity index (χ3v) is 6.44. The molecule has 0 saturated heterocycles. The highest BCUT2D eigenvalue weighted by Gasteiger charge is 2.26. The molecule has 3 aromatic carbocycles. The Balaban J connectivity index is 1.66. The van der Waals surface area contributed by atoms with Gasteiger partial charge < -0.3 is 15.9 Å². The number of rotatable bonds is 7. The Morgan fingerprint density at radius 1 is 1.03 bits per heavy atom. The molecule has 33 heavy (non-hydrogen) atoms. The van der Waals surface area contributed by atoms with Crippen molar-refractivity contribution < 1.29 is 9.53 Å². The summed E-state index contributed by atoms with van der Waals surface area (Å²) in [4.78, 5) is 13.4. The molecule has 0 radical (unpaired) electrons. The average Bonchev–Trinajstić information content (AvgIpc) is 3.20. The van der Waals surface area contributed by atoms with Gasteiger partial charge in [0.2, 0.25) is 11.1 Å². The fourth-order valence-electron chi connectivity index (χ4n) is 3.45. The molecule has 1 amide bonds. The second-order valence-electron chi connectivity index (χ2n) is 7.59. The van der Waals surface area contributed by atoms with Crippen molar-refractivity contribution in [1.29, 1.82) is 0 Å². The summed E-state index contributed by atoms with van der Waals surface area (Å²) in [5.74, 6) is 7.30. The maximum atomic E-state index is 13.4. The molecule has 0 aliphatic carbocycles. The molecule has 0 unspecified atom stereocenters. The van der Waals surface area contributed by atoms with Crippen LogP contribution in [-0.2, 0) is 4.79 Å². The third kappa shape index (κ3) is 4.85. The number of ether oxygens (including phenoxy) is 1. The number of benzene rings is 3. The van der Waals surface area contributed by atoms with Crippen molar-refractivity contribution in [2.24, 2.45) is 0 Å². The number of carbonyl (C=O) groups excluding carboxylic acids is 1. The van der Waals surface area contributed by atoms with Gasteiger partial charge in [-0.25, -0.2) is 4.68 Å².